The van der Waals surface area contributed by atoms with E-state index in [0.29, 0.717) is 0 Å². The van der Waals surface area contributed by atoms with Crippen molar-refractivity contribution in [3.63, 3.8) is 0 Å². The monoisotopic (exact) mass is 382 g/mol. The normalized spacial score (nSPS) is 11.9. The van der Waals surface area contributed by atoms with Crippen molar-refractivity contribution in [2.45, 2.75) is 0 Å². The number of nitrogens with zero attached hydrogens (tertiary/aromatic N) is 2. The lowest BCUT2D eigenvalue weighted by Gasteiger charge is -2.04. The van der Waals surface area contributed by atoms with Gasteiger partial charge in [0.25, 0.3) is 0 Å². The Balaban J connectivity index is 1.38. The fourth-order valence-corrected chi connectivity index (χ4v) is 4.00. The topological polar surface area (TPSA) is 25.8 Å². The molecule has 0 spiro atoms. The van der Waals surface area contributed by atoms with E-state index in [1.165, 1.54) is 10.8 Å². The summed E-state index contributed by atoms with van der Waals surface area (Å²) in [4.78, 5) is 9.53. The Morgan fingerprint density at radius 1 is 0.400 bits per heavy atom. The van der Waals surface area contributed by atoms with Gasteiger partial charge in [0, 0.05) is 21.5 Å². The summed E-state index contributed by atoms with van der Waals surface area (Å²) in [5.74, 6) is 0. The quantitative estimate of drug-likeness (QED) is 0.233. The van der Waals surface area contributed by atoms with Crippen molar-refractivity contribution in [3.05, 3.63) is 108 Å². The lowest BCUT2D eigenvalue weighted by atomic mass is 10.1. The first-order chi connectivity index (χ1) is 14.8. The molecule has 0 amide bonds. The molecule has 2 nitrogen and oxygen atoms in total. The van der Waals surface area contributed by atoms with Crippen molar-refractivity contribution in [1.82, 2.24) is 9.97 Å². The molecule has 0 aliphatic rings. The van der Waals surface area contributed by atoms with E-state index in [2.05, 4.69) is 97.1 Å². The first-order valence-electron chi connectivity index (χ1n) is 10.1. The molecular formula is C28H18N2. The number of hydrogen-bond donors (Lipinski definition) is 0. The van der Waals surface area contributed by atoms with Crippen LogP contribution in [0.15, 0.2) is 97.1 Å². The highest BCUT2D eigenvalue weighted by molar-refractivity contribution is 5.95. The minimum absolute atomic E-state index is 1.02. The largest absolute Gasteiger partial charge is 0.248 e. The molecule has 6 rings (SSSR count). The number of rotatable bonds is 2. The molecule has 0 saturated carbocycles. The standard InChI is InChI=1S/C28H18N2/c1-3-7-25-21(5-1)17-23-15-19(11-13-27(23)29-25)9-10-20-12-14-28-24(16-20)18-22-6-2-4-8-26(22)30-28/h1-18H. The zero-order valence-corrected chi connectivity index (χ0v) is 16.3. The number of aromatic nitrogens is 2. The molecule has 0 bridgehead atoms. The van der Waals surface area contributed by atoms with Crippen LogP contribution in [0.4, 0.5) is 0 Å². The molecule has 0 radical (unpaired) electrons. The molecule has 0 N–H and O–H groups in total. The van der Waals surface area contributed by atoms with E-state index in [0.717, 1.165) is 44.0 Å². The highest BCUT2D eigenvalue weighted by atomic mass is 14.7. The lowest BCUT2D eigenvalue weighted by Crippen LogP contribution is -1.84. The van der Waals surface area contributed by atoms with E-state index in [9.17, 15) is 0 Å². The maximum absolute atomic E-state index is 4.77. The van der Waals surface area contributed by atoms with Crippen LogP contribution in [0.2, 0.25) is 0 Å². The second kappa shape index (κ2) is 6.78. The molecule has 0 unspecified atom stereocenters. The van der Waals surface area contributed by atoms with Gasteiger partial charge in [-0.05, 0) is 59.7 Å². The van der Waals surface area contributed by atoms with Gasteiger partial charge in [-0.25, -0.2) is 9.97 Å². The van der Waals surface area contributed by atoms with Gasteiger partial charge in [0.15, 0.2) is 0 Å². The fourth-order valence-electron chi connectivity index (χ4n) is 4.00. The summed E-state index contributed by atoms with van der Waals surface area (Å²) in [7, 11) is 0. The fraction of sp³-hybridized carbons (Fsp3) is 0. The number of fused-ring (bicyclic) bond motifs is 4. The van der Waals surface area contributed by atoms with Crippen LogP contribution in [0.25, 0.3) is 55.8 Å². The molecule has 0 aliphatic heterocycles. The maximum Gasteiger partial charge on any atom is 0.0710 e. The first-order valence-corrected chi connectivity index (χ1v) is 10.1. The van der Waals surface area contributed by atoms with Gasteiger partial charge in [0.1, 0.15) is 0 Å². The molecule has 30 heavy (non-hydrogen) atoms. The second-order valence-corrected chi connectivity index (χ2v) is 7.60. The summed E-state index contributed by atoms with van der Waals surface area (Å²) in [6, 6.07) is 33.7. The number of hydrogen-bond acceptors (Lipinski definition) is 2. The highest BCUT2D eigenvalue weighted by Crippen LogP contribution is 2.23. The Kier molecular flexibility index (Phi) is 3.82. The average Bonchev–Trinajstić information content (AvgIpc) is 2.79. The zero-order chi connectivity index (χ0) is 19.9. The van der Waals surface area contributed by atoms with Gasteiger partial charge in [-0.15, -0.1) is 0 Å². The van der Waals surface area contributed by atoms with Crippen LogP contribution in [0.3, 0.4) is 0 Å². The molecule has 0 saturated heterocycles. The van der Waals surface area contributed by atoms with Gasteiger partial charge in [0.05, 0.1) is 22.1 Å². The minimum Gasteiger partial charge on any atom is -0.248 e. The molecule has 6 aromatic rings. The van der Waals surface area contributed by atoms with Crippen LogP contribution in [-0.2, 0) is 0 Å². The number of para-hydroxylation sites is 2. The Hall–Kier alpha value is -4.04. The number of benzene rings is 4. The molecule has 2 heterocycles. The summed E-state index contributed by atoms with van der Waals surface area (Å²) in [6.07, 6.45) is 4.31. The summed E-state index contributed by atoms with van der Waals surface area (Å²) in [6.45, 7) is 0. The third-order valence-electron chi connectivity index (χ3n) is 5.55. The second-order valence-electron chi connectivity index (χ2n) is 7.60. The van der Waals surface area contributed by atoms with Gasteiger partial charge in [-0.3, -0.25) is 0 Å². The Labute approximate surface area is 174 Å². The molecule has 0 aliphatic carbocycles. The van der Waals surface area contributed by atoms with Crippen LogP contribution < -0.4 is 0 Å². The molecule has 2 heteroatoms. The molecule has 4 aromatic carbocycles. The van der Waals surface area contributed by atoms with Crippen molar-refractivity contribution in [1.29, 1.82) is 0 Å². The van der Waals surface area contributed by atoms with Crippen molar-refractivity contribution >= 4 is 55.8 Å². The predicted molar refractivity (Wildman–Crippen MR) is 127 cm³/mol. The molecule has 0 fully saturated rings. The summed E-state index contributed by atoms with van der Waals surface area (Å²) in [5, 5.41) is 4.65. The van der Waals surface area contributed by atoms with E-state index >= 15 is 0 Å². The van der Waals surface area contributed by atoms with E-state index in [-0.39, 0.29) is 0 Å². The van der Waals surface area contributed by atoms with E-state index in [4.69, 9.17) is 9.97 Å². The lowest BCUT2D eigenvalue weighted by molar-refractivity contribution is 1.49. The van der Waals surface area contributed by atoms with Crippen LogP contribution >= 0.6 is 0 Å². The van der Waals surface area contributed by atoms with Crippen molar-refractivity contribution < 1.29 is 0 Å². The van der Waals surface area contributed by atoms with Gasteiger partial charge < -0.3 is 0 Å². The SMILES string of the molecule is C(=Cc1ccc2nc3ccccc3cc2c1)c1ccc2nc3ccccc3cc2c1. The van der Waals surface area contributed by atoms with Gasteiger partial charge in [0.2, 0.25) is 0 Å². The van der Waals surface area contributed by atoms with E-state index < -0.39 is 0 Å². The van der Waals surface area contributed by atoms with Crippen molar-refractivity contribution in [2.75, 3.05) is 0 Å². The van der Waals surface area contributed by atoms with Crippen LogP contribution in [0, 0.1) is 0 Å². The summed E-state index contributed by atoms with van der Waals surface area (Å²) >= 11 is 0. The van der Waals surface area contributed by atoms with Crippen LogP contribution in [0.1, 0.15) is 11.1 Å². The van der Waals surface area contributed by atoms with Crippen LogP contribution in [-0.4, -0.2) is 9.97 Å². The Morgan fingerprint density at radius 3 is 1.33 bits per heavy atom. The molecule has 0 atom stereocenters. The highest BCUT2D eigenvalue weighted by Gasteiger charge is 2.02. The predicted octanol–water partition coefficient (Wildman–Crippen LogP) is 7.26. The van der Waals surface area contributed by atoms with Crippen molar-refractivity contribution in [3.8, 4) is 0 Å². The van der Waals surface area contributed by atoms with Crippen molar-refractivity contribution in [2.24, 2.45) is 0 Å². The molecule has 140 valence electrons. The Bertz CT molecular complexity index is 1470. The van der Waals surface area contributed by atoms with Gasteiger partial charge in [-0.2, -0.15) is 0 Å². The van der Waals surface area contributed by atoms with E-state index in [1.54, 1.807) is 0 Å². The smallest absolute Gasteiger partial charge is 0.0710 e. The number of pyridine rings is 2. The zero-order valence-electron chi connectivity index (χ0n) is 16.3. The van der Waals surface area contributed by atoms with Gasteiger partial charge >= 0.3 is 0 Å². The average molecular weight is 382 g/mol. The minimum atomic E-state index is 1.02. The van der Waals surface area contributed by atoms with Gasteiger partial charge in [-0.1, -0.05) is 60.7 Å². The third kappa shape index (κ3) is 2.99. The summed E-state index contributed by atoms with van der Waals surface area (Å²) < 4.78 is 0. The Morgan fingerprint density at radius 2 is 0.833 bits per heavy atom. The third-order valence-corrected chi connectivity index (χ3v) is 5.55. The summed E-state index contributed by atoms with van der Waals surface area (Å²) in [5.41, 5.74) is 6.44. The van der Waals surface area contributed by atoms with E-state index in [1.807, 2.05) is 12.1 Å². The molecule has 2 aromatic heterocycles. The van der Waals surface area contributed by atoms with Crippen LogP contribution in [0.5, 0.6) is 0 Å². The first kappa shape index (κ1) is 16.9. The maximum atomic E-state index is 4.77. The molecular weight excluding hydrogens is 364 g/mol.